The van der Waals surface area contributed by atoms with Gasteiger partial charge in [0, 0.05) is 24.7 Å². The molecule has 0 aromatic carbocycles. The lowest BCUT2D eigenvalue weighted by Crippen LogP contribution is -2.45. The van der Waals surface area contributed by atoms with Crippen molar-refractivity contribution < 1.29 is 0 Å². The third-order valence-electron chi connectivity index (χ3n) is 3.84. The SMILES string of the molecule is CC(C)CN(C(C)C)C(C)CC1CCCCN1. The van der Waals surface area contributed by atoms with Gasteiger partial charge in [-0.1, -0.05) is 20.3 Å². The van der Waals surface area contributed by atoms with E-state index >= 15 is 0 Å². The van der Waals surface area contributed by atoms with Crippen molar-refractivity contribution in [3.63, 3.8) is 0 Å². The maximum absolute atomic E-state index is 3.67. The Hall–Kier alpha value is -0.0800. The van der Waals surface area contributed by atoms with Crippen molar-refractivity contribution in [2.75, 3.05) is 13.1 Å². The highest BCUT2D eigenvalue weighted by Gasteiger charge is 2.22. The van der Waals surface area contributed by atoms with E-state index in [0.29, 0.717) is 12.1 Å². The predicted octanol–water partition coefficient (Wildman–Crippen LogP) is 3.27. The molecule has 1 rings (SSSR count). The van der Waals surface area contributed by atoms with Crippen LogP contribution in [0.3, 0.4) is 0 Å². The van der Waals surface area contributed by atoms with Crippen LogP contribution >= 0.6 is 0 Å². The summed E-state index contributed by atoms with van der Waals surface area (Å²) in [6.45, 7) is 14.1. The number of piperidine rings is 1. The molecule has 17 heavy (non-hydrogen) atoms. The Bertz CT molecular complexity index is 195. The molecule has 0 saturated carbocycles. The monoisotopic (exact) mass is 240 g/mol. The quantitative estimate of drug-likeness (QED) is 0.766. The summed E-state index contributed by atoms with van der Waals surface area (Å²) in [7, 11) is 0. The van der Waals surface area contributed by atoms with E-state index in [0.717, 1.165) is 12.0 Å². The molecule has 2 unspecified atom stereocenters. The van der Waals surface area contributed by atoms with E-state index in [9.17, 15) is 0 Å². The normalized spacial score (nSPS) is 23.6. The van der Waals surface area contributed by atoms with Crippen molar-refractivity contribution in [1.82, 2.24) is 10.2 Å². The fourth-order valence-corrected chi connectivity index (χ4v) is 2.99. The summed E-state index contributed by atoms with van der Waals surface area (Å²) in [6.07, 6.45) is 5.46. The molecule has 1 aliphatic heterocycles. The molecule has 2 nitrogen and oxygen atoms in total. The lowest BCUT2D eigenvalue weighted by Gasteiger charge is -2.37. The maximum Gasteiger partial charge on any atom is 0.00845 e. The lowest BCUT2D eigenvalue weighted by molar-refractivity contribution is 0.126. The molecule has 0 aliphatic carbocycles. The first kappa shape index (κ1) is 15.0. The Morgan fingerprint density at radius 1 is 1.12 bits per heavy atom. The molecule has 2 heteroatoms. The van der Waals surface area contributed by atoms with Crippen LogP contribution in [0.2, 0.25) is 0 Å². The van der Waals surface area contributed by atoms with Gasteiger partial charge in [-0.15, -0.1) is 0 Å². The van der Waals surface area contributed by atoms with Gasteiger partial charge in [0.1, 0.15) is 0 Å². The van der Waals surface area contributed by atoms with Gasteiger partial charge in [0.15, 0.2) is 0 Å². The van der Waals surface area contributed by atoms with Crippen molar-refractivity contribution >= 4 is 0 Å². The highest BCUT2D eigenvalue weighted by molar-refractivity contribution is 4.80. The zero-order valence-corrected chi connectivity index (χ0v) is 12.5. The number of rotatable bonds is 6. The number of nitrogens with one attached hydrogen (secondary N) is 1. The average molecular weight is 240 g/mol. The highest BCUT2D eigenvalue weighted by atomic mass is 15.2. The van der Waals surface area contributed by atoms with E-state index in [1.807, 2.05) is 0 Å². The van der Waals surface area contributed by atoms with E-state index in [1.54, 1.807) is 0 Å². The molecular weight excluding hydrogens is 208 g/mol. The molecule has 0 aromatic heterocycles. The second kappa shape index (κ2) is 7.38. The summed E-state index contributed by atoms with van der Waals surface area (Å²) >= 11 is 0. The molecule has 2 atom stereocenters. The van der Waals surface area contributed by atoms with Crippen LogP contribution in [0.25, 0.3) is 0 Å². The zero-order chi connectivity index (χ0) is 12.8. The van der Waals surface area contributed by atoms with Crippen molar-refractivity contribution in [2.24, 2.45) is 5.92 Å². The molecule has 1 N–H and O–H groups in total. The number of hydrogen-bond acceptors (Lipinski definition) is 2. The Morgan fingerprint density at radius 2 is 1.82 bits per heavy atom. The lowest BCUT2D eigenvalue weighted by atomic mass is 9.97. The fraction of sp³-hybridized carbons (Fsp3) is 1.00. The van der Waals surface area contributed by atoms with Crippen molar-refractivity contribution in [2.45, 2.75) is 78.4 Å². The molecule has 102 valence electrons. The minimum atomic E-state index is 0.663. The molecular formula is C15H32N2. The van der Waals surface area contributed by atoms with Crippen LogP contribution in [0.15, 0.2) is 0 Å². The van der Waals surface area contributed by atoms with Crippen molar-refractivity contribution in [3.8, 4) is 0 Å². The van der Waals surface area contributed by atoms with Gasteiger partial charge in [-0.25, -0.2) is 0 Å². The molecule has 1 fully saturated rings. The standard InChI is InChI=1S/C15H32N2/c1-12(2)11-17(13(3)4)14(5)10-15-8-6-7-9-16-15/h12-16H,6-11H2,1-5H3. The first-order valence-corrected chi connectivity index (χ1v) is 7.49. The molecule has 1 heterocycles. The fourth-order valence-electron chi connectivity index (χ4n) is 2.99. The van der Waals surface area contributed by atoms with Crippen molar-refractivity contribution in [1.29, 1.82) is 0 Å². The largest absolute Gasteiger partial charge is 0.314 e. The van der Waals surface area contributed by atoms with Crippen LogP contribution in [0.5, 0.6) is 0 Å². The van der Waals surface area contributed by atoms with Crippen LogP contribution in [-0.4, -0.2) is 36.1 Å². The zero-order valence-electron chi connectivity index (χ0n) is 12.5. The van der Waals surface area contributed by atoms with Crippen molar-refractivity contribution in [3.05, 3.63) is 0 Å². The van der Waals surface area contributed by atoms with E-state index in [1.165, 1.54) is 38.8 Å². The first-order chi connectivity index (χ1) is 8.00. The van der Waals surface area contributed by atoms with Crippen LogP contribution < -0.4 is 5.32 Å². The Balaban J connectivity index is 2.42. The van der Waals surface area contributed by atoms with Gasteiger partial charge in [0.05, 0.1) is 0 Å². The topological polar surface area (TPSA) is 15.3 Å². The molecule has 0 radical (unpaired) electrons. The smallest absolute Gasteiger partial charge is 0.00845 e. The van der Waals surface area contributed by atoms with Crippen LogP contribution in [-0.2, 0) is 0 Å². The third kappa shape index (κ3) is 5.39. The molecule has 0 amide bonds. The van der Waals surface area contributed by atoms with E-state index in [4.69, 9.17) is 0 Å². The van der Waals surface area contributed by atoms with Crippen LogP contribution in [0.1, 0.15) is 60.3 Å². The first-order valence-electron chi connectivity index (χ1n) is 7.49. The molecule has 0 spiro atoms. The predicted molar refractivity (Wildman–Crippen MR) is 76.4 cm³/mol. The summed E-state index contributed by atoms with van der Waals surface area (Å²) in [5.74, 6) is 0.763. The van der Waals surface area contributed by atoms with Gasteiger partial charge in [-0.3, -0.25) is 4.90 Å². The summed E-state index contributed by atoms with van der Waals surface area (Å²) in [5.41, 5.74) is 0. The third-order valence-corrected chi connectivity index (χ3v) is 3.84. The minimum absolute atomic E-state index is 0.663. The van der Waals surface area contributed by atoms with Crippen LogP contribution in [0.4, 0.5) is 0 Å². The Morgan fingerprint density at radius 3 is 2.29 bits per heavy atom. The van der Waals surface area contributed by atoms with Gasteiger partial charge in [-0.2, -0.15) is 0 Å². The summed E-state index contributed by atoms with van der Waals surface area (Å²) in [5, 5.41) is 3.67. The van der Waals surface area contributed by atoms with Crippen LogP contribution in [0, 0.1) is 5.92 Å². The van der Waals surface area contributed by atoms with Gasteiger partial charge in [-0.05, 0) is 52.5 Å². The van der Waals surface area contributed by atoms with Gasteiger partial charge < -0.3 is 5.32 Å². The van der Waals surface area contributed by atoms with E-state index in [2.05, 4.69) is 44.8 Å². The number of nitrogens with zero attached hydrogens (tertiary/aromatic N) is 1. The van der Waals surface area contributed by atoms with Gasteiger partial charge >= 0.3 is 0 Å². The molecule has 0 bridgehead atoms. The maximum atomic E-state index is 3.67. The molecule has 1 saturated heterocycles. The summed E-state index contributed by atoms with van der Waals surface area (Å²) in [6, 6.07) is 2.12. The summed E-state index contributed by atoms with van der Waals surface area (Å²) < 4.78 is 0. The highest BCUT2D eigenvalue weighted by Crippen LogP contribution is 2.18. The second-order valence-electron chi connectivity index (χ2n) is 6.42. The minimum Gasteiger partial charge on any atom is -0.314 e. The Kier molecular flexibility index (Phi) is 6.50. The number of hydrogen-bond donors (Lipinski definition) is 1. The molecule has 0 aromatic rings. The molecule has 1 aliphatic rings. The second-order valence-corrected chi connectivity index (χ2v) is 6.42. The Labute approximate surface area is 108 Å². The average Bonchev–Trinajstić information content (AvgIpc) is 2.26. The van der Waals surface area contributed by atoms with E-state index < -0.39 is 0 Å². The van der Waals surface area contributed by atoms with Gasteiger partial charge in [0.25, 0.3) is 0 Å². The summed E-state index contributed by atoms with van der Waals surface area (Å²) in [4.78, 5) is 2.67. The van der Waals surface area contributed by atoms with E-state index in [-0.39, 0.29) is 0 Å². The van der Waals surface area contributed by atoms with Gasteiger partial charge in [0.2, 0.25) is 0 Å².